The van der Waals surface area contributed by atoms with Crippen LogP contribution in [0.5, 0.6) is 0 Å². The van der Waals surface area contributed by atoms with Gasteiger partial charge in [0.2, 0.25) is 21.8 Å². The molecule has 0 aliphatic carbocycles. The fraction of sp³-hybridized carbons (Fsp3) is 0.517. The van der Waals surface area contributed by atoms with Gasteiger partial charge in [-0.3, -0.25) is 9.59 Å². The molecule has 2 aromatic rings. The maximum atomic E-state index is 13.5. The van der Waals surface area contributed by atoms with Crippen LogP contribution in [-0.2, 0) is 26.0 Å². The third kappa shape index (κ3) is 10.2. The molecule has 39 heavy (non-hydrogen) atoms. The molecular formula is C29H42ClN3O5S. The Bertz CT molecular complexity index is 1130. The summed E-state index contributed by atoms with van der Waals surface area (Å²) in [6.07, 6.45) is 0.286. The summed E-state index contributed by atoms with van der Waals surface area (Å²) in [4.78, 5) is 25.6. The van der Waals surface area contributed by atoms with Crippen molar-refractivity contribution >= 4 is 33.4 Å². The molecule has 0 saturated carbocycles. The standard InChI is InChI=1S/C29H42ClN3O5S/c1-5-22(4)28(32-27(35)19-30)29(36)31-25(18-23-12-8-6-9-13-23)26(34)20-33(17-16-21(2)3)39(37,38)24-14-10-7-11-15-24/h6-15,21-22,25-26,28,34H,5,16-20H2,1-4H3,(H,31,36)(H,32,35). The van der Waals surface area contributed by atoms with E-state index in [1.165, 1.54) is 16.4 Å². The number of aliphatic hydroxyl groups is 1. The second-order valence-corrected chi connectivity index (χ2v) is 12.5. The SMILES string of the molecule is CCC(C)C(NC(=O)CCl)C(=O)NC(Cc1ccccc1)C(O)CN(CCC(C)C)S(=O)(=O)c1ccccc1. The minimum Gasteiger partial charge on any atom is -0.390 e. The van der Waals surface area contributed by atoms with E-state index in [0.29, 0.717) is 12.8 Å². The van der Waals surface area contributed by atoms with Crippen LogP contribution in [0.1, 0.15) is 46.1 Å². The number of alkyl halides is 1. The molecule has 0 spiro atoms. The molecule has 2 rings (SSSR count). The number of hydrogen-bond acceptors (Lipinski definition) is 5. The largest absolute Gasteiger partial charge is 0.390 e. The third-order valence-corrected chi connectivity index (χ3v) is 8.87. The molecule has 0 bridgehead atoms. The number of carbonyl (C=O) groups is 2. The highest BCUT2D eigenvalue weighted by Crippen LogP contribution is 2.19. The van der Waals surface area contributed by atoms with Crippen molar-refractivity contribution in [2.24, 2.45) is 11.8 Å². The van der Waals surface area contributed by atoms with Gasteiger partial charge in [0.15, 0.2) is 0 Å². The lowest BCUT2D eigenvalue weighted by molar-refractivity contribution is -0.130. The van der Waals surface area contributed by atoms with Crippen LogP contribution in [-0.4, -0.2) is 66.8 Å². The number of sulfonamides is 1. The summed E-state index contributed by atoms with van der Waals surface area (Å²) < 4.78 is 28.4. The molecule has 10 heteroatoms. The Hall–Kier alpha value is -2.46. The van der Waals surface area contributed by atoms with Gasteiger partial charge in [-0.2, -0.15) is 4.31 Å². The molecule has 0 aromatic heterocycles. The van der Waals surface area contributed by atoms with E-state index in [4.69, 9.17) is 11.6 Å². The van der Waals surface area contributed by atoms with Gasteiger partial charge in [0, 0.05) is 13.1 Å². The van der Waals surface area contributed by atoms with Gasteiger partial charge in [0.25, 0.3) is 0 Å². The summed E-state index contributed by atoms with van der Waals surface area (Å²) >= 11 is 5.67. The quantitative estimate of drug-likeness (QED) is 0.263. The number of nitrogens with zero attached hydrogens (tertiary/aromatic N) is 1. The van der Waals surface area contributed by atoms with Gasteiger partial charge < -0.3 is 15.7 Å². The average molecular weight is 580 g/mol. The lowest BCUT2D eigenvalue weighted by Crippen LogP contribution is -2.57. The molecule has 216 valence electrons. The number of amides is 2. The minimum atomic E-state index is -3.89. The van der Waals surface area contributed by atoms with Crippen LogP contribution < -0.4 is 10.6 Å². The van der Waals surface area contributed by atoms with E-state index >= 15 is 0 Å². The lowest BCUT2D eigenvalue weighted by Gasteiger charge is -2.32. The molecule has 0 fully saturated rings. The summed E-state index contributed by atoms with van der Waals surface area (Å²) in [5, 5.41) is 17.0. The van der Waals surface area contributed by atoms with Crippen LogP contribution in [0, 0.1) is 11.8 Å². The van der Waals surface area contributed by atoms with Gasteiger partial charge in [0.05, 0.1) is 17.0 Å². The van der Waals surface area contributed by atoms with Crippen molar-refractivity contribution in [2.45, 2.75) is 70.0 Å². The lowest BCUT2D eigenvalue weighted by atomic mass is 9.96. The molecular weight excluding hydrogens is 538 g/mol. The molecule has 0 saturated heterocycles. The van der Waals surface area contributed by atoms with E-state index in [1.54, 1.807) is 18.2 Å². The van der Waals surface area contributed by atoms with Crippen molar-refractivity contribution in [3.8, 4) is 0 Å². The number of nitrogens with one attached hydrogen (secondary N) is 2. The van der Waals surface area contributed by atoms with Crippen molar-refractivity contribution in [2.75, 3.05) is 19.0 Å². The Morgan fingerprint density at radius 3 is 2.10 bits per heavy atom. The molecule has 0 aliphatic heterocycles. The van der Waals surface area contributed by atoms with Gasteiger partial charge in [-0.15, -0.1) is 11.6 Å². The first kappa shape index (κ1) is 32.8. The van der Waals surface area contributed by atoms with Gasteiger partial charge >= 0.3 is 0 Å². The van der Waals surface area contributed by atoms with Crippen molar-refractivity contribution in [3.05, 3.63) is 66.2 Å². The van der Waals surface area contributed by atoms with Gasteiger partial charge in [-0.1, -0.05) is 82.6 Å². The zero-order chi connectivity index (χ0) is 29.0. The van der Waals surface area contributed by atoms with E-state index in [1.807, 2.05) is 58.0 Å². The molecule has 4 unspecified atom stereocenters. The summed E-state index contributed by atoms with van der Waals surface area (Å²) in [5.41, 5.74) is 0.867. The van der Waals surface area contributed by atoms with Crippen LogP contribution in [0.3, 0.4) is 0 Å². The van der Waals surface area contributed by atoms with Gasteiger partial charge in [0.1, 0.15) is 11.9 Å². The third-order valence-electron chi connectivity index (χ3n) is 6.75. The van der Waals surface area contributed by atoms with Crippen molar-refractivity contribution in [1.82, 2.24) is 14.9 Å². The van der Waals surface area contributed by atoms with Gasteiger partial charge in [-0.25, -0.2) is 8.42 Å². The Morgan fingerprint density at radius 2 is 1.56 bits per heavy atom. The first-order valence-electron chi connectivity index (χ1n) is 13.4. The Balaban J connectivity index is 2.37. The zero-order valence-electron chi connectivity index (χ0n) is 23.2. The van der Waals surface area contributed by atoms with Crippen molar-refractivity contribution in [3.63, 3.8) is 0 Å². The Morgan fingerprint density at radius 1 is 0.974 bits per heavy atom. The highest BCUT2D eigenvalue weighted by Gasteiger charge is 2.33. The molecule has 2 amide bonds. The fourth-order valence-corrected chi connectivity index (χ4v) is 5.70. The highest BCUT2D eigenvalue weighted by atomic mass is 35.5. The highest BCUT2D eigenvalue weighted by molar-refractivity contribution is 7.89. The van der Waals surface area contributed by atoms with E-state index in [0.717, 1.165) is 5.56 Å². The van der Waals surface area contributed by atoms with Crippen molar-refractivity contribution < 1.29 is 23.1 Å². The van der Waals surface area contributed by atoms with Crippen LogP contribution >= 0.6 is 11.6 Å². The molecule has 0 radical (unpaired) electrons. The second-order valence-electron chi connectivity index (χ2n) is 10.3. The topological polar surface area (TPSA) is 116 Å². The van der Waals surface area contributed by atoms with E-state index in [-0.39, 0.29) is 42.1 Å². The monoisotopic (exact) mass is 579 g/mol. The van der Waals surface area contributed by atoms with Crippen molar-refractivity contribution in [1.29, 1.82) is 0 Å². The molecule has 4 atom stereocenters. The number of halogens is 1. The fourth-order valence-electron chi connectivity index (χ4n) is 4.13. The predicted octanol–water partition coefficient (Wildman–Crippen LogP) is 3.58. The first-order valence-corrected chi connectivity index (χ1v) is 15.4. The maximum absolute atomic E-state index is 13.5. The summed E-state index contributed by atoms with van der Waals surface area (Å²) in [6, 6.07) is 15.8. The summed E-state index contributed by atoms with van der Waals surface area (Å²) in [5.74, 6) is -1.14. The van der Waals surface area contributed by atoms with E-state index in [2.05, 4.69) is 10.6 Å². The first-order chi connectivity index (χ1) is 18.5. The number of hydrogen-bond donors (Lipinski definition) is 3. The smallest absolute Gasteiger partial charge is 0.243 e. The van der Waals surface area contributed by atoms with Crippen LogP contribution in [0.25, 0.3) is 0 Å². The normalized spacial score (nSPS) is 15.0. The van der Waals surface area contributed by atoms with E-state index < -0.39 is 40.0 Å². The second kappa shape index (κ2) is 16.0. The van der Waals surface area contributed by atoms with Crippen LogP contribution in [0.15, 0.2) is 65.6 Å². The molecule has 0 heterocycles. The number of rotatable bonds is 16. The maximum Gasteiger partial charge on any atom is 0.243 e. The predicted molar refractivity (Wildman–Crippen MR) is 155 cm³/mol. The number of benzene rings is 2. The van der Waals surface area contributed by atoms with Gasteiger partial charge in [-0.05, 0) is 42.4 Å². The molecule has 3 N–H and O–H groups in total. The zero-order valence-corrected chi connectivity index (χ0v) is 24.8. The number of carbonyl (C=O) groups excluding carboxylic acids is 2. The summed E-state index contributed by atoms with van der Waals surface area (Å²) in [6.45, 7) is 7.79. The van der Waals surface area contributed by atoms with E-state index in [9.17, 15) is 23.1 Å². The minimum absolute atomic E-state index is 0.144. The van der Waals surface area contributed by atoms with Crippen LogP contribution in [0.2, 0.25) is 0 Å². The molecule has 8 nitrogen and oxygen atoms in total. The molecule has 0 aliphatic rings. The average Bonchev–Trinajstić information content (AvgIpc) is 2.93. The Kier molecular flexibility index (Phi) is 13.4. The Labute approximate surface area is 238 Å². The molecule has 2 aromatic carbocycles. The van der Waals surface area contributed by atoms with Crippen LogP contribution in [0.4, 0.5) is 0 Å². The summed E-state index contributed by atoms with van der Waals surface area (Å²) in [7, 11) is -3.89. The number of aliphatic hydroxyl groups excluding tert-OH is 1.